The van der Waals surface area contributed by atoms with Crippen molar-refractivity contribution in [3.63, 3.8) is 0 Å². The van der Waals surface area contributed by atoms with E-state index in [-0.39, 0.29) is 29.0 Å². The first kappa shape index (κ1) is 23.9. The first-order valence-electron chi connectivity index (χ1n) is 11.0. The van der Waals surface area contributed by atoms with E-state index in [0.717, 1.165) is 30.4 Å². The molecule has 0 saturated carbocycles. The zero-order chi connectivity index (χ0) is 23.3. The maximum absolute atomic E-state index is 12.8. The molecule has 2 aromatic carbocycles. The molecule has 8 heteroatoms. The summed E-state index contributed by atoms with van der Waals surface area (Å²) in [5.41, 5.74) is 2.85. The average Bonchev–Trinajstić information content (AvgIpc) is 2.77. The van der Waals surface area contributed by atoms with Crippen molar-refractivity contribution in [1.82, 2.24) is 4.31 Å². The third kappa shape index (κ3) is 5.95. The summed E-state index contributed by atoms with van der Waals surface area (Å²) in [7, 11) is -3.48. The number of anilines is 2. The van der Waals surface area contributed by atoms with Crippen molar-refractivity contribution in [2.45, 2.75) is 51.3 Å². The fraction of sp³-hybridized carbons (Fsp3) is 0.417. The number of piperidine rings is 1. The van der Waals surface area contributed by atoms with E-state index in [2.05, 4.69) is 10.6 Å². The summed E-state index contributed by atoms with van der Waals surface area (Å²) in [6, 6.07) is 11.9. The first-order chi connectivity index (χ1) is 15.2. The van der Waals surface area contributed by atoms with Crippen molar-refractivity contribution in [1.29, 1.82) is 0 Å². The first-order valence-corrected chi connectivity index (χ1v) is 12.4. The van der Waals surface area contributed by atoms with Crippen molar-refractivity contribution in [3.8, 4) is 0 Å². The summed E-state index contributed by atoms with van der Waals surface area (Å²) in [4.78, 5) is 24.8. The zero-order valence-electron chi connectivity index (χ0n) is 18.8. The van der Waals surface area contributed by atoms with Gasteiger partial charge in [-0.3, -0.25) is 9.59 Å². The molecule has 0 spiro atoms. The monoisotopic (exact) mass is 457 g/mol. The number of rotatable bonds is 7. The smallest absolute Gasteiger partial charge is 0.243 e. The van der Waals surface area contributed by atoms with E-state index in [1.54, 1.807) is 36.4 Å². The quantitative estimate of drug-likeness (QED) is 0.658. The Morgan fingerprint density at radius 1 is 0.969 bits per heavy atom. The maximum Gasteiger partial charge on any atom is 0.243 e. The Morgan fingerprint density at radius 3 is 2.25 bits per heavy atom. The third-order valence-corrected chi connectivity index (χ3v) is 7.46. The molecule has 0 atom stereocenters. The zero-order valence-corrected chi connectivity index (χ0v) is 19.7. The molecule has 1 fully saturated rings. The van der Waals surface area contributed by atoms with Crippen LogP contribution < -0.4 is 10.6 Å². The van der Waals surface area contributed by atoms with Crippen LogP contribution in [0.4, 0.5) is 11.4 Å². The van der Waals surface area contributed by atoms with Crippen molar-refractivity contribution < 1.29 is 18.0 Å². The molecule has 2 N–H and O–H groups in total. The number of hydrogen-bond donors (Lipinski definition) is 2. The molecular formula is C24H31N3O4S. The van der Waals surface area contributed by atoms with Crippen LogP contribution >= 0.6 is 0 Å². The van der Waals surface area contributed by atoms with Gasteiger partial charge in [0.15, 0.2) is 0 Å². The van der Waals surface area contributed by atoms with Crippen molar-refractivity contribution in [2.24, 2.45) is 5.92 Å². The van der Waals surface area contributed by atoms with Gasteiger partial charge in [-0.25, -0.2) is 8.42 Å². The van der Waals surface area contributed by atoms with E-state index < -0.39 is 10.0 Å². The fourth-order valence-corrected chi connectivity index (χ4v) is 5.05. The lowest BCUT2D eigenvalue weighted by atomic mass is 10.1. The number of nitrogens with one attached hydrogen (secondary N) is 2. The van der Waals surface area contributed by atoms with Gasteiger partial charge in [-0.15, -0.1) is 0 Å². The lowest BCUT2D eigenvalue weighted by molar-refractivity contribution is -0.119. The molecule has 172 valence electrons. The molecule has 1 heterocycles. The minimum absolute atomic E-state index is 0.0919. The van der Waals surface area contributed by atoms with Gasteiger partial charge in [0, 0.05) is 30.4 Å². The Kier molecular flexibility index (Phi) is 7.69. The van der Waals surface area contributed by atoms with Gasteiger partial charge in [0.25, 0.3) is 0 Å². The second-order valence-corrected chi connectivity index (χ2v) is 10.4. The Labute approximate surface area is 190 Å². The number of hydrogen-bond acceptors (Lipinski definition) is 4. The van der Waals surface area contributed by atoms with Crippen LogP contribution in [0.25, 0.3) is 0 Å². The molecule has 0 aromatic heterocycles. The maximum atomic E-state index is 12.8. The molecule has 1 saturated heterocycles. The summed E-state index contributed by atoms with van der Waals surface area (Å²) in [5, 5.41) is 5.71. The van der Waals surface area contributed by atoms with Crippen molar-refractivity contribution in [2.75, 3.05) is 23.7 Å². The number of amides is 2. The van der Waals surface area contributed by atoms with Gasteiger partial charge in [0.1, 0.15) is 0 Å². The Bertz CT molecular complexity index is 1070. The Balaban J connectivity index is 1.64. The third-order valence-electron chi connectivity index (χ3n) is 5.54. The van der Waals surface area contributed by atoms with Gasteiger partial charge < -0.3 is 10.6 Å². The highest BCUT2D eigenvalue weighted by Gasteiger charge is 2.25. The van der Waals surface area contributed by atoms with Crippen molar-refractivity contribution in [3.05, 3.63) is 53.6 Å². The van der Waals surface area contributed by atoms with Crippen LogP contribution in [0.2, 0.25) is 0 Å². The molecule has 7 nitrogen and oxygen atoms in total. The van der Waals surface area contributed by atoms with Crippen LogP contribution in [0, 0.1) is 12.8 Å². The Hall–Kier alpha value is -2.71. The highest BCUT2D eigenvalue weighted by molar-refractivity contribution is 7.89. The van der Waals surface area contributed by atoms with Gasteiger partial charge in [-0.2, -0.15) is 4.31 Å². The van der Waals surface area contributed by atoms with Crippen LogP contribution in [-0.2, 0) is 26.0 Å². The van der Waals surface area contributed by atoms with E-state index in [1.165, 1.54) is 4.31 Å². The van der Waals surface area contributed by atoms with Gasteiger partial charge in [-0.05, 0) is 55.2 Å². The molecule has 1 aliphatic heterocycles. The van der Waals surface area contributed by atoms with Crippen LogP contribution in [0.1, 0.15) is 44.2 Å². The summed E-state index contributed by atoms with van der Waals surface area (Å²) in [6.07, 6.45) is 2.96. The highest BCUT2D eigenvalue weighted by atomic mass is 32.2. The molecule has 0 unspecified atom stereocenters. The van der Waals surface area contributed by atoms with Gasteiger partial charge in [0.05, 0.1) is 11.3 Å². The van der Waals surface area contributed by atoms with Crippen LogP contribution in [-0.4, -0.2) is 37.6 Å². The van der Waals surface area contributed by atoms with Crippen LogP contribution in [0.3, 0.4) is 0 Å². The van der Waals surface area contributed by atoms with E-state index in [0.29, 0.717) is 24.5 Å². The highest BCUT2D eigenvalue weighted by Crippen LogP contribution is 2.23. The standard InChI is InChI=1S/C24H31N3O4S/c1-17(2)24(29)25-20-10-7-18(3)22(16-20)26-23(28)15-19-8-11-21(12-9-19)32(30,31)27-13-5-4-6-14-27/h7-12,16-17H,4-6,13-15H2,1-3H3,(H,25,29)(H,26,28). The number of nitrogens with zero attached hydrogens (tertiary/aromatic N) is 1. The van der Waals surface area contributed by atoms with E-state index in [4.69, 9.17) is 0 Å². The number of benzene rings is 2. The summed E-state index contributed by atoms with van der Waals surface area (Å²) in [5.74, 6) is -0.450. The summed E-state index contributed by atoms with van der Waals surface area (Å²) in [6.45, 7) is 6.62. The molecule has 3 rings (SSSR count). The van der Waals surface area contributed by atoms with Gasteiger partial charge >= 0.3 is 0 Å². The van der Waals surface area contributed by atoms with Gasteiger partial charge in [-0.1, -0.05) is 38.5 Å². The van der Waals surface area contributed by atoms with Gasteiger partial charge in [0.2, 0.25) is 21.8 Å². The van der Waals surface area contributed by atoms with Crippen LogP contribution in [0.5, 0.6) is 0 Å². The summed E-state index contributed by atoms with van der Waals surface area (Å²) >= 11 is 0. The Morgan fingerprint density at radius 2 is 1.62 bits per heavy atom. The summed E-state index contributed by atoms with van der Waals surface area (Å²) < 4.78 is 27.1. The average molecular weight is 458 g/mol. The van der Waals surface area contributed by atoms with E-state index >= 15 is 0 Å². The number of carbonyl (C=O) groups is 2. The molecule has 0 radical (unpaired) electrons. The normalized spacial score (nSPS) is 14.9. The predicted octanol–water partition coefficient (Wildman–Crippen LogP) is 3.95. The number of sulfonamides is 1. The second kappa shape index (κ2) is 10.3. The molecule has 2 aromatic rings. The molecule has 2 amide bonds. The molecule has 0 bridgehead atoms. The second-order valence-electron chi connectivity index (χ2n) is 8.51. The lowest BCUT2D eigenvalue weighted by Crippen LogP contribution is -2.35. The fourth-order valence-electron chi connectivity index (χ4n) is 3.53. The largest absolute Gasteiger partial charge is 0.326 e. The minimum atomic E-state index is -3.48. The topological polar surface area (TPSA) is 95.6 Å². The molecule has 32 heavy (non-hydrogen) atoms. The minimum Gasteiger partial charge on any atom is -0.326 e. The van der Waals surface area contributed by atoms with E-state index in [9.17, 15) is 18.0 Å². The SMILES string of the molecule is Cc1ccc(NC(=O)C(C)C)cc1NC(=O)Cc1ccc(S(=O)(=O)N2CCCCC2)cc1. The molecule has 1 aliphatic rings. The number of carbonyl (C=O) groups excluding carboxylic acids is 2. The number of aryl methyl sites for hydroxylation is 1. The predicted molar refractivity (Wildman–Crippen MR) is 126 cm³/mol. The van der Waals surface area contributed by atoms with E-state index in [1.807, 2.05) is 26.8 Å². The lowest BCUT2D eigenvalue weighted by Gasteiger charge is -2.25. The molecular weight excluding hydrogens is 426 g/mol. The molecule has 0 aliphatic carbocycles. The van der Waals surface area contributed by atoms with Crippen molar-refractivity contribution >= 4 is 33.2 Å². The van der Waals surface area contributed by atoms with Crippen LogP contribution in [0.15, 0.2) is 47.4 Å².